The molecular formula is C20H27N3O2. The number of nitrogens with one attached hydrogen (secondary N) is 2. The van der Waals surface area contributed by atoms with Gasteiger partial charge in [-0.05, 0) is 62.6 Å². The average molecular weight is 341 g/mol. The van der Waals surface area contributed by atoms with E-state index in [9.17, 15) is 9.90 Å². The zero-order valence-electron chi connectivity index (χ0n) is 14.8. The third kappa shape index (κ3) is 3.25. The molecule has 5 heteroatoms. The summed E-state index contributed by atoms with van der Waals surface area (Å²) in [6.07, 6.45) is 4.68. The number of amides is 2. The van der Waals surface area contributed by atoms with Crippen LogP contribution in [0.15, 0.2) is 18.2 Å². The predicted molar refractivity (Wildman–Crippen MR) is 98.8 cm³/mol. The molecule has 0 radical (unpaired) electrons. The number of hydrogen-bond acceptors (Lipinski definition) is 2. The Morgan fingerprint density at radius 1 is 1.32 bits per heavy atom. The van der Waals surface area contributed by atoms with Crippen LogP contribution < -0.4 is 5.32 Å². The highest BCUT2D eigenvalue weighted by atomic mass is 16.3. The lowest BCUT2D eigenvalue weighted by Gasteiger charge is -2.33. The Morgan fingerprint density at radius 3 is 2.88 bits per heavy atom. The van der Waals surface area contributed by atoms with E-state index in [1.165, 1.54) is 27.7 Å². The molecule has 1 aliphatic carbocycles. The lowest BCUT2D eigenvalue weighted by atomic mass is 9.91. The van der Waals surface area contributed by atoms with Crippen molar-refractivity contribution in [3.63, 3.8) is 0 Å². The van der Waals surface area contributed by atoms with Crippen molar-refractivity contribution in [2.45, 2.75) is 45.1 Å². The minimum atomic E-state index is 0.0564. The number of likely N-dealkylation sites (tertiary alicyclic amines) is 1. The molecule has 1 aromatic carbocycles. The maximum absolute atomic E-state index is 12.6. The molecule has 1 aliphatic heterocycles. The summed E-state index contributed by atoms with van der Waals surface area (Å²) in [5.74, 6) is 0.357. The second-order valence-corrected chi connectivity index (χ2v) is 7.63. The van der Waals surface area contributed by atoms with Crippen molar-refractivity contribution >= 4 is 16.9 Å². The van der Waals surface area contributed by atoms with Gasteiger partial charge < -0.3 is 20.3 Å². The molecular weight excluding hydrogens is 314 g/mol. The first kappa shape index (κ1) is 16.5. The van der Waals surface area contributed by atoms with Crippen LogP contribution in [0, 0.1) is 12.8 Å². The van der Waals surface area contributed by atoms with E-state index in [0.29, 0.717) is 5.92 Å². The molecule has 1 atom stereocenters. The Kier molecular flexibility index (Phi) is 4.42. The topological polar surface area (TPSA) is 68.4 Å². The molecule has 0 spiro atoms. The van der Waals surface area contributed by atoms with Crippen molar-refractivity contribution in [3.05, 3.63) is 35.0 Å². The standard InChI is InChI=1S/C20H27N3O2/c1-13-2-4-18-16(10-13)17-11-15(3-5-19(17)22-18)21-20(25)23-8-6-14(12-24)7-9-23/h2,4,10,14-15,22,24H,3,5-9,11-12H2,1H3,(H,21,25). The Bertz CT molecular complexity index is 775. The highest BCUT2D eigenvalue weighted by Crippen LogP contribution is 2.30. The second kappa shape index (κ2) is 6.71. The highest BCUT2D eigenvalue weighted by Gasteiger charge is 2.27. The van der Waals surface area contributed by atoms with Gasteiger partial charge in [0.25, 0.3) is 0 Å². The summed E-state index contributed by atoms with van der Waals surface area (Å²) < 4.78 is 0. The van der Waals surface area contributed by atoms with Gasteiger partial charge in [0, 0.05) is 42.3 Å². The first-order valence-electron chi connectivity index (χ1n) is 9.40. The van der Waals surface area contributed by atoms with E-state index in [-0.39, 0.29) is 18.7 Å². The van der Waals surface area contributed by atoms with Crippen molar-refractivity contribution in [2.24, 2.45) is 5.92 Å². The van der Waals surface area contributed by atoms with E-state index >= 15 is 0 Å². The second-order valence-electron chi connectivity index (χ2n) is 7.63. The molecule has 1 saturated heterocycles. The number of aliphatic hydroxyl groups excluding tert-OH is 1. The fourth-order valence-corrected chi connectivity index (χ4v) is 4.24. The number of carbonyl (C=O) groups excluding carboxylic acids is 1. The van der Waals surface area contributed by atoms with Crippen molar-refractivity contribution in [3.8, 4) is 0 Å². The van der Waals surface area contributed by atoms with Gasteiger partial charge in [-0.3, -0.25) is 0 Å². The van der Waals surface area contributed by atoms with E-state index in [0.717, 1.165) is 45.2 Å². The zero-order chi connectivity index (χ0) is 17.4. The largest absolute Gasteiger partial charge is 0.396 e. The van der Waals surface area contributed by atoms with Gasteiger partial charge in [0.05, 0.1) is 0 Å². The molecule has 0 bridgehead atoms. The van der Waals surface area contributed by atoms with E-state index in [1.807, 2.05) is 4.90 Å². The number of benzene rings is 1. The number of H-pyrrole nitrogens is 1. The van der Waals surface area contributed by atoms with Gasteiger partial charge in [-0.2, -0.15) is 0 Å². The average Bonchev–Trinajstić information content (AvgIpc) is 2.99. The van der Waals surface area contributed by atoms with Gasteiger partial charge >= 0.3 is 6.03 Å². The number of aromatic amines is 1. The SMILES string of the molecule is Cc1ccc2[nH]c3c(c2c1)CC(NC(=O)N1CCC(CO)CC1)CC3. The smallest absolute Gasteiger partial charge is 0.317 e. The zero-order valence-corrected chi connectivity index (χ0v) is 14.8. The fraction of sp³-hybridized carbons (Fsp3) is 0.550. The van der Waals surface area contributed by atoms with Crippen molar-refractivity contribution < 1.29 is 9.90 Å². The number of piperidine rings is 1. The molecule has 4 rings (SSSR count). The van der Waals surface area contributed by atoms with Crippen LogP contribution in [-0.4, -0.2) is 46.8 Å². The number of urea groups is 1. The van der Waals surface area contributed by atoms with E-state index < -0.39 is 0 Å². The molecule has 3 N–H and O–H groups in total. The van der Waals surface area contributed by atoms with Crippen LogP contribution in [-0.2, 0) is 12.8 Å². The number of aryl methyl sites for hydroxylation is 2. The van der Waals surface area contributed by atoms with Crippen molar-refractivity contribution in [2.75, 3.05) is 19.7 Å². The molecule has 2 amide bonds. The van der Waals surface area contributed by atoms with Crippen LogP contribution in [0.4, 0.5) is 4.79 Å². The summed E-state index contributed by atoms with van der Waals surface area (Å²) in [5.41, 5.74) is 5.17. The number of aromatic nitrogens is 1. The summed E-state index contributed by atoms with van der Waals surface area (Å²) in [5, 5.41) is 13.8. The number of fused-ring (bicyclic) bond motifs is 3. The third-order valence-electron chi connectivity index (χ3n) is 5.83. The number of nitrogens with zero attached hydrogens (tertiary/aromatic N) is 1. The maximum Gasteiger partial charge on any atom is 0.317 e. The van der Waals surface area contributed by atoms with E-state index in [1.54, 1.807) is 0 Å². The van der Waals surface area contributed by atoms with Gasteiger partial charge in [-0.25, -0.2) is 4.79 Å². The summed E-state index contributed by atoms with van der Waals surface area (Å²) >= 11 is 0. The van der Waals surface area contributed by atoms with Gasteiger partial charge in [0.1, 0.15) is 0 Å². The van der Waals surface area contributed by atoms with Gasteiger partial charge in [-0.15, -0.1) is 0 Å². The molecule has 134 valence electrons. The lowest BCUT2D eigenvalue weighted by Crippen LogP contribution is -2.49. The van der Waals surface area contributed by atoms with E-state index in [2.05, 4.69) is 35.4 Å². The molecule has 2 aliphatic rings. The van der Waals surface area contributed by atoms with Crippen molar-refractivity contribution in [1.82, 2.24) is 15.2 Å². The first-order chi connectivity index (χ1) is 12.1. The predicted octanol–water partition coefficient (Wildman–Crippen LogP) is 2.75. The molecule has 2 heterocycles. The molecule has 5 nitrogen and oxygen atoms in total. The van der Waals surface area contributed by atoms with E-state index in [4.69, 9.17) is 0 Å². The van der Waals surface area contributed by atoms with Crippen LogP contribution in [0.5, 0.6) is 0 Å². The van der Waals surface area contributed by atoms with Gasteiger partial charge in [0.2, 0.25) is 0 Å². The number of hydrogen-bond donors (Lipinski definition) is 3. The Balaban J connectivity index is 1.43. The molecule has 1 unspecified atom stereocenters. The molecule has 0 saturated carbocycles. The third-order valence-corrected chi connectivity index (χ3v) is 5.83. The summed E-state index contributed by atoms with van der Waals surface area (Å²) in [4.78, 5) is 18.0. The number of rotatable bonds is 2. The molecule has 1 fully saturated rings. The normalized spacial score (nSPS) is 21.4. The summed E-state index contributed by atoms with van der Waals surface area (Å²) in [7, 11) is 0. The molecule has 1 aromatic heterocycles. The van der Waals surface area contributed by atoms with Crippen LogP contribution in [0.1, 0.15) is 36.1 Å². The minimum Gasteiger partial charge on any atom is -0.396 e. The highest BCUT2D eigenvalue weighted by molar-refractivity contribution is 5.86. The number of carbonyl (C=O) groups is 1. The molecule has 25 heavy (non-hydrogen) atoms. The van der Waals surface area contributed by atoms with Gasteiger partial charge in [0.15, 0.2) is 0 Å². The van der Waals surface area contributed by atoms with Gasteiger partial charge in [-0.1, -0.05) is 11.6 Å². The Labute approximate surface area is 148 Å². The Morgan fingerprint density at radius 2 is 2.12 bits per heavy atom. The van der Waals surface area contributed by atoms with Crippen LogP contribution in [0.25, 0.3) is 10.9 Å². The maximum atomic E-state index is 12.6. The van der Waals surface area contributed by atoms with Crippen LogP contribution in [0.3, 0.4) is 0 Å². The minimum absolute atomic E-state index is 0.0564. The monoisotopic (exact) mass is 341 g/mol. The Hall–Kier alpha value is -2.01. The summed E-state index contributed by atoms with van der Waals surface area (Å²) in [6, 6.07) is 6.80. The van der Waals surface area contributed by atoms with Crippen LogP contribution >= 0.6 is 0 Å². The first-order valence-corrected chi connectivity index (χ1v) is 9.40. The van der Waals surface area contributed by atoms with Crippen molar-refractivity contribution in [1.29, 1.82) is 0 Å². The molecule has 2 aromatic rings. The van der Waals surface area contributed by atoms with Crippen LogP contribution in [0.2, 0.25) is 0 Å². The number of aliphatic hydroxyl groups is 1. The quantitative estimate of drug-likeness (QED) is 0.786. The summed E-state index contributed by atoms with van der Waals surface area (Å²) in [6.45, 7) is 3.86. The fourth-order valence-electron chi connectivity index (χ4n) is 4.24. The lowest BCUT2D eigenvalue weighted by molar-refractivity contribution is 0.135.